The van der Waals surface area contributed by atoms with Gasteiger partial charge in [0, 0.05) is 22.1 Å². The van der Waals surface area contributed by atoms with E-state index in [4.69, 9.17) is 11.6 Å². The molecule has 2 aromatic carbocycles. The van der Waals surface area contributed by atoms with Gasteiger partial charge in [-0.15, -0.1) is 0 Å². The van der Waals surface area contributed by atoms with Crippen LogP contribution in [-0.2, 0) is 5.33 Å². The normalized spacial score (nSPS) is 10.7. The van der Waals surface area contributed by atoms with E-state index in [2.05, 4.69) is 33.2 Å². The van der Waals surface area contributed by atoms with Crippen molar-refractivity contribution in [2.45, 2.75) is 5.33 Å². The largest absolute Gasteiger partial charge is 0.240 e. The minimum atomic E-state index is 0.746. The van der Waals surface area contributed by atoms with Crippen LogP contribution in [-0.4, -0.2) is 9.78 Å². The summed E-state index contributed by atoms with van der Waals surface area (Å²) >= 11 is 9.65. The van der Waals surface area contributed by atoms with Gasteiger partial charge < -0.3 is 0 Å². The molecule has 0 saturated heterocycles. The first kappa shape index (κ1) is 13.4. The maximum atomic E-state index is 6.23. The second-order valence-corrected chi connectivity index (χ2v) is 5.42. The number of hydrogen-bond donors (Lipinski definition) is 0. The smallest absolute Gasteiger partial charge is 0.0660 e. The van der Waals surface area contributed by atoms with Crippen molar-refractivity contribution >= 4 is 27.5 Å². The van der Waals surface area contributed by atoms with Crippen molar-refractivity contribution in [1.29, 1.82) is 0 Å². The Morgan fingerprint density at radius 3 is 2.55 bits per heavy atom. The molecule has 0 unspecified atom stereocenters. The molecule has 1 aromatic heterocycles. The summed E-state index contributed by atoms with van der Waals surface area (Å²) < 4.78 is 1.84. The zero-order valence-corrected chi connectivity index (χ0v) is 13.0. The first-order valence-corrected chi connectivity index (χ1v) is 7.73. The average molecular weight is 348 g/mol. The summed E-state index contributed by atoms with van der Waals surface area (Å²) in [5, 5.41) is 5.90. The highest BCUT2D eigenvalue weighted by Crippen LogP contribution is 2.24. The fraction of sp³-hybridized carbons (Fsp3) is 0.0625. The van der Waals surface area contributed by atoms with Crippen LogP contribution in [0, 0.1) is 0 Å². The Balaban J connectivity index is 1.96. The lowest BCUT2D eigenvalue weighted by Gasteiger charge is -2.05. The fourth-order valence-corrected chi connectivity index (χ4v) is 2.92. The molecular weight excluding hydrogens is 336 g/mol. The van der Waals surface area contributed by atoms with Gasteiger partial charge in [0.15, 0.2) is 0 Å². The maximum Gasteiger partial charge on any atom is 0.0660 e. The highest BCUT2D eigenvalue weighted by Gasteiger charge is 2.05. The molecule has 0 N–H and O–H groups in total. The van der Waals surface area contributed by atoms with Crippen molar-refractivity contribution in [2.75, 3.05) is 0 Å². The third kappa shape index (κ3) is 2.65. The van der Waals surface area contributed by atoms with Gasteiger partial charge in [-0.05, 0) is 23.3 Å². The molecule has 0 amide bonds. The number of rotatable bonds is 3. The molecule has 3 aromatic rings. The Morgan fingerprint density at radius 2 is 1.85 bits per heavy atom. The summed E-state index contributed by atoms with van der Waals surface area (Å²) in [6.07, 6.45) is 3.87. The second-order valence-electron chi connectivity index (χ2n) is 4.45. The third-order valence-electron chi connectivity index (χ3n) is 3.13. The number of alkyl halides is 1. The lowest BCUT2D eigenvalue weighted by Crippen LogP contribution is -1.94. The van der Waals surface area contributed by atoms with Crippen molar-refractivity contribution in [3.05, 3.63) is 71.5 Å². The molecule has 0 fully saturated rings. The third-order valence-corrected chi connectivity index (χ3v) is 4.09. The molecule has 3 rings (SSSR count). The quantitative estimate of drug-likeness (QED) is 0.604. The zero-order chi connectivity index (χ0) is 13.9. The number of hydrogen-bond acceptors (Lipinski definition) is 1. The number of aromatic nitrogens is 2. The van der Waals surface area contributed by atoms with Gasteiger partial charge in [0.2, 0.25) is 0 Å². The first-order valence-electron chi connectivity index (χ1n) is 6.23. The summed E-state index contributed by atoms with van der Waals surface area (Å²) in [6, 6.07) is 16.2. The number of benzene rings is 2. The monoisotopic (exact) mass is 346 g/mol. The van der Waals surface area contributed by atoms with E-state index in [0.717, 1.165) is 32.7 Å². The van der Waals surface area contributed by atoms with Gasteiger partial charge in [-0.3, -0.25) is 0 Å². The summed E-state index contributed by atoms with van der Waals surface area (Å²) in [5.41, 5.74) is 4.28. The maximum absolute atomic E-state index is 6.23. The van der Waals surface area contributed by atoms with Crippen LogP contribution < -0.4 is 0 Å². The summed E-state index contributed by atoms with van der Waals surface area (Å²) in [5.74, 6) is 0. The van der Waals surface area contributed by atoms with Gasteiger partial charge in [-0.25, -0.2) is 4.68 Å². The topological polar surface area (TPSA) is 17.8 Å². The van der Waals surface area contributed by atoms with E-state index >= 15 is 0 Å². The minimum absolute atomic E-state index is 0.746. The molecule has 20 heavy (non-hydrogen) atoms. The second kappa shape index (κ2) is 5.81. The number of halogens is 2. The van der Waals surface area contributed by atoms with Gasteiger partial charge in [0.1, 0.15) is 0 Å². The fourth-order valence-electron chi connectivity index (χ4n) is 2.03. The summed E-state index contributed by atoms with van der Waals surface area (Å²) in [6.45, 7) is 0. The standard InChI is InChI=1S/C16H12BrClN2/c17-9-13-6-7-15(8-16(13)18)20-11-14(10-19-20)12-4-2-1-3-5-12/h1-8,10-11H,9H2. The Kier molecular flexibility index (Phi) is 3.90. The Bertz CT molecular complexity index is 722. The lowest BCUT2D eigenvalue weighted by molar-refractivity contribution is 0.880. The SMILES string of the molecule is Clc1cc(-n2cc(-c3ccccc3)cn2)ccc1CBr. The molecule has 2 nitrogen and oxygen atoms in total. The zero-order valence-electron chi connectivity index (χ0n) is 10.6. The van der Waals surface area contributed by atoms with E-state index in [0.29, 0.717) is 0 Å². The molecule has 0 aliphatic rings. The first-order chi connectivity index (χ1) is 9.78. The molecule has 0 aliphatic carbocycles. The molecular formula is C16H12BrClN2. The van der Waals surface area contributed by atoms with Crippen LogP contribution in [0.2, 0.25) is 5.02 Å². The van der Waals surface area contributed by atoms with E-state index in [9.17, 15) is 0 Å². The molecule has 0 radical (unpaired) electrons. The molecule has 0 saturated carbocycles. The molecule has 0 atom stereocenters. The Hall–Kier alpha value is -1.58. The van der Waals surface area contributed by atoms with Crippen molar-refractivity contribution in [3.8, 4) is 16.8 Å². The molecule has 1 heterocycles. The molecule has 4 heteroatoms. The van der Waals surface area contributed by atoms with E-state index < -0.39 is 0 Å². The minimum Gasteiger partial charge on any atom is -0.240 e. The van der Waals surface area contributed by atoms with Crippen LogP contribution >= 0.6 is 27.5 Å². The van der Waals surface area contributed by atoms with Gasteiger partial charge >= 0.3 is 0 Å². The Labute approximate surface area is 131 Å². The summed E-state index contributed by atoms with van der Waals surface area (Å²) in [7, 11) is 0. The van der Waals surface area contributed by atoms with Crippen LogP contribution in [0.15, 0.2) is 60.9 Å². The van der Waals surface area contributed by atoms with Crippen molar-refractivity contribution in [3.63, 3.8) is 0 Å². The van der Waals surface area contributed by atoms with Gasteiger partial charge in [-0.2, -0.15) is 5.10 Å². The van der Waals surface area contributed by atoms with E-state index in [1.807, 2.05) is 53.5 Å². The highest BCUT2D eigenvalue weighted by atomic mass is 79.9. The Morgan fingerprint density at radius 1 is 1.05 bits per heavy atom. The molecule has 0 bridgehead atoms. The highest BCUT2D eigenvalue weighted by molar-refractivity contribution is 9.08. The van der Waals surface area contributed by atoms with E-state index in [1.54, 1.807) is 0 Å². The lowest BCUT2D eigenvalue weighted by atomic mass is 10.1. The van der Waals surface area contributed by atoms with E-state index in [-0.39, 0.29) is 0 Å². The molecule has 0 spiro atoms. The van der Waals surface area contributed by atoms with Crippen LogP contribution in [0.25, 0.3) is 16.8 Å². The van der Waals surface area contributed by atoms with Crippen LogP contribution in [0.1, 0.15) is 5.56 Å². The molecule has 100 valence electrons. The van der Waals surface area contributed by atoms with Crippen molar-refractivity contribution in [2.24, 2.45) is 0 Å². The van der Waals surface area contributed by atoms with Crippen LogP contribution in [0.3, 0.4) is 0 Å². The van der Waals surface area contributed by atoms with Gasteiger partial charge in [-0.1, -0.05) is 63.9 Å². The van der Waals surface area contributed by atoms with Crippen molar-refractivity contribution in [1.82, 2.24) is 9.78 Å². The predicted molar refractivity (Wildman–Crippen MR) is 86.6 cm³/mol. The molecule has 0 aliphatic heterocycles. The van der Waals surface area contributed by atoms with Gasteiger partial charge in [0.25, 0.3) is 0 Å². The predicted octanol–water partition coefficient (Wildman–Crippen LogP) is 5.09. The van der Waals surface area contributed by atoms with Crippen LogP contribution in [0.4, 0.5) is 0 Å². The van der Waals surface area contributed by atoms with E-state index in [1.165, 1.54) is 0 Å². The van der Waals surface area contributed by atoms with Crippen molar-refractivity contribution < 1.29 is 0 Å². The van der Waals surface area contributed by atoms with Gasteiger partial charge in [0.05, 0.1) is 11.9 Å². The van der Waals surface area contributed by atoms with Crippen LogP contribution in [0.5, 0.6) is 0 Å². The number of nitrogens with zero attached hydrogens (tertiary/aromatic N) is 2. The summed E-state index contributed by atoms with van der Waals surface area (Å²) in [4.78, 5) is 0. The average Bonchev–Trinajstić information content (AvgIpc) is 2.98.